The molecular formula is C13H11BrINO3. The highest BCUT2D eigenvalue weighted by atomic mass is 127. The third-order valence-electron chi connectivity index (χ3n) is 2.53. The molecule has 1 aromatic carbocycles. The van der Waals surface area contributed by atoms with E-state index in [-0.39, 0.29) is 0 Å². The number of carbonyl (C=O) groups excluding carboxylic acids is 1. The largest absolute Gasteiger partial charge is 0.462 e. The molecule has 0 aliphatic carbocycles. The Balaban J connectivity index is 2.54. The Bertz CT molecular complexity index is 624. The zero-order chi connectivity index (χ0) is 14.0. The monoisotopic (exact) mass is 435 g/mol. The summed E-state index contributed by atoms with van der Waals surface area (Å²) in [4.78, 5) is 12.0. The number of aromatic nitrogens is 1. The van der Waals surface area contributed by atoms with E-state index in [1.807, 2.05) is 18.2 Å². The van der Waals surface area contributed by atoms with Gasteiger partial charge in [0.15, 0.2) is 0 Å². The minimum absolute atomic E-state index is 0.316. The average molecular weight is 436 g/mol. The smallest absolute Gasteiger partial charge is 0.344 e. The number of ether oxygens (including phenoxy) is 1. The number of esters is 1. The van der Waals surface area contributed by atoms with E-state index < -0.39 is 5.97 Å². The second-order valence-corrected chi connectivity index (χ2v) is 5.91. The molecule has 2 aromatic rings. The van der Waals surface area contributed by atoms with E-state index in [2.05, 4.69) is 43.7 Å². The summed E-state index contributed by atoms with van der Waals surface area (Å²) in [5, 5.41) is 3.97. The van der Waals surface area contributed by atoms with Crippen LogP contribution in [0.1, 0.15) is 23.0 Å². The molecule has 0 bridgehead atoms. The van der Waals surface area contributed by atoms with Gasteiger partial charge in [-0.25, -0.2) is 4.79 Å². The number of carbonyl (C=O) groups is 1. The summed E-state index contributed by atoms with van der Waals surface area (Å²) in [7, 11) is 0. The SMILES string of the molecule is CCOC(=O)c1c(-c2ccc(I)cc2Br)noc1C. The van der Waals surface area contributed by atoms with E-state index >= 15 is 0 Å². The summed E-state index contributed by atoms with van der Waals surface area (Å²) in [6, 6.07) is 5.79. The number of nitrogens with zero attached hydrogens (tertiary/aromatic N) is 1. The first-order valence-corrected chi connectivity index (χ1v) is 7.50. The zero-order valence-electron chi connectivity index (χ0n) is 10.4. The molecule has 0 amide bonds. The maximum absolute atomic E-state index is 12.0. The Morgan fingerprint density at radius 1 is 1.53 bits per heavy atom. The van der Waals surface area contributed by atoms with Gasteiger partial charge in [-0.3, -0.25) is 0 Å². The van der Waals surface area contributed by atoms with Gasteiger partial charge in [-0.05, 0) is 48.6 Å². The number of aryl methyl sites for hydroxylation is 1. The summed E-state index contributed by atoms with van der Waals surface area (Å²) in [5.41, 5.74) is 1.68. The molecule has 0 N–H and O–H groups in total. The fourth-order valence-electron chi connectivity index (χ4n) is 1.68. The van der Waals surface area contributed by atoms with Crippen LogP contribution in [0, 0.1) is 10.5 Å². The molecule has 0 aliphatic rings. The van der Waals surface area contributed by atoms with E-state index in [0.29, 0.717) is 23.6 Å². The molecule has 1 aromatic heterocycles. The Labute approximate surface area is 132 Å². The molecule has 0 atom stereocenters. The first-order chi connectivity index (χ1) is 9.04. The van der Waals surface area contributed by atoms with Crippen LogP contribution in [0.25, 0.3) is 11.3 Å². The van der Waals surface area contributed by atoms with Gasteiger partial charge in [0, 0.05) is 13.6 Å². The maximum atomic E-state index is 12.0. The number of halogens is 2. The summed E-state index contributed by atoms with van der Waals surface area (Å²) in [6.07, 6.45) is 0. The Kier molecular flexibility index (Phi) is 4.62. The highest BCUT2D eigenvalue weighted by molar-refractivity contribution is 14.1. The van der Waals surface area contributed by atoms with E-state index in [9.17, 15) is 4.79 Å². The highest BCUT2D eigenvalue weighted by Gasteiger charge is 2.23. The number of hydrogen-bond acceptors (Lipinski definition) is 4. The van der Waals surface area contributed by atoms with Crippen LogP contribution in [0.4, 0.5) is 0 Å². The van der Waals surface area contributed by atoms with Gasteiger partial charge in [-0.1, -0.05) is 27.2 Å². The minimum Gasteiger partial charge on any atom is -0.462 e. The van der Waals surface area contributed by atoms with Crippen LogP contribution in [0.5, 0.6) is 0 Å². The lowest BCUT2D eigenvalue weighted by atomic mass is 10.1. The summed E-state index contributed by atoms with van der Waals surface area (Å²) < 4.78 is 12.1. The standard InChI is InChI=1S/C13H11BrINO3/c1-3-18-13(17)11-7(2)19-16-12(11)9-5-4-8(15)6-10(9)14/h4-6H,3H2,1-2H3. The van der Waals surface area contributed by atoms with Crippen LogP contribution in [0.3, 0.4) is 0 Å². The van der Waals surface area contributed by atoms with Gasteiger partial charge in [0.2, 0.25) is 0 Å². The number of rotatable bonds is 3. The molecule has 1 heterocycles. The number of benzene rings is 1. The molecule has 19 heavy (non-hydrogen) atoms. The molecule has 0 radical (unpaired) electrons. The minimum atomic E-state index is -0.415. The van der Waals surface area contributed by atoms with Gasteiger partial charge in [-0.15, -0.1) is 0 Å². The van der Waals surface area contributed by atoms with E-state index in [0.717, 1.165) is 13.6 Å². The first kappa shape index (κ1) is 14.5. The third kappa shape index (κ3) is 3.00. The van der Waals surface area contributed by atoms with Crippen molar-refractivity contribution in [2.45, 2.75) is 13.8 Å². The molecule has 0 fully saturated rings. The molecule has 0 aliphatic heterocycles. The molecule has 4 nitrogen and oxygen atoms in total. The number of hydrogen-bond donors (Lipinski definition) is 0. The molecular weight excluding hydrogens is 425 g/mol. The van der Waals surface area contributed by atoms with Gasteiger partial charge < -0.3 is 9.26 Å². The van der Waals surface area contributed by atoms with Crippen molar-refractivity contribution in [3.05, 3.63) is 37.6 Å². The van der Waals surface area contributed by atoms with Crippen LogP contribution in [0.2, 0.25) is 0 Å². The van der Waals surface area contributed by atoms with Gasteiger partial charge in [0.1, 0.15) is 17.0 Å². The van der Waals surface area contributed by atoms with Crippen LogP contribution >= 0.6 is 38.5 Å². The molecule has 6 heteroatoms. The lowest BCUT2D eigenvalue weighted by molar-refractivity contribution is 0.0525. The van der Waals surface area contributed by atoms with Gasteiger partial charge in [0.25, 0.3) is 0 Å². The van der Waals surface area contributed by atoms with Crippen LogP contribution in [-0.4, -0.2) is 17.7 Å². The van der Waals surface area contributed by atoms with Gasteiger partial charge in [-0.2, -0.15) is 0 Å². The summed E-state index contributed by atoms with van der Waals surface area (Å²) in [5.74, 6) is 0.0422. The topological polar surface area (TPSA) is 52.3 Å². The maximum Gasteiger partial charge on any atom is 0.344 e. The van der Waals surface area contributed by atoms with E-state index in [1.54, 1.807) is 13.8 Å². The van der Waals surface area contributed by atoms with Crippen molar-refractivity contribution < 1.29 is 14.1 Å². The molecule has 0 unspecified atom stereocenters. The predicted molar refractivity (Wildman–Crippen MR) is 83.0 cm³/mol. The molecule has 2 rings (SSSR count). The molecule has 0 saturated heterocycles. The van der Waals surface area contributed by atoms with E-state index in [1.165, 1.54) is 0 Å². The van der Waals surface area contributed by atoms with Crippen molar-refractivity contribution in [2.24, 2.45) is 0 Å². The third-order valence-corrected chi connectivity index (χ3v) is 3.86. The predicted octanol–water partition coefficient (Wildman–Crippen LogP) is 4.19. The lowest BCUT2D eigenvalue weighted by Crippen LogP contribution is -2.06. The highest BCUT2D eigenvalue weighted by Crippen LogP contribution is 2.32. The quantitative estimate of drug-likeness (QED) is 0.535. The van der Waals surface area contributed by atoms with Crippen molar-refractivity contribution in [1.29, 1.82) is 0 Å². The lowest BCUT2D eigenvalue weighted by Gasteiger charge is -2.05. The average Bonchev–Trinajstić information content (AvgIpc) is 2.71. The Morgan fingerprint density at radius 2 is 2.26 bits per heavy atom. The molecule has 0 saturated carbocycles. The zero-order valence-corrected chi connectivity index (χ0v) is 14.1. The van der Waals surface area contributed by atoms with Gasteiger partial charge in [0.05, 0.1) is 6.61 Å². The fraction of sp³-hybridized carbons (Fsp3) is 0.231. The molecule has 0 spiro atoms. The van der Waals surface area contributed by atoms with E-state index in [4.69, 9.17) is 9.26 Å². The summed E-state index contributed by atoms with van der Waals surface area (Å²) in [6.45, 7) is 3.78. The second-order valence-electron chi connectivity index (χ2n) is 3.81. The second kappa shape index (κ2) is 6.04. The van der Waals surface area contributed by atoms with Gasteiger partial charge >= 0.3 is 5.97 Å². The van der Waals surface area contributed by atoms with Crippen LogP contribution < -0.4 is 0 Å². The Hall–Kier alpha value is -0.890. The van der Waals surface area contributed by atoms with Crippen molar-refractivity contribution in [3.8, 4) is 11.3 Å². The van der Waals surface area contributed by atoms with Crippen LogP contribution in [0.15, 0.2) is 27.2 Å². The van der Waals surface area contributed by atoms with Crippen molar-refractivity contribution >= 4 is 44.5 Å². The summed E-state index contributed by atoms with van der Waals surface area (Å²) >= 11 is 5.69. The first-order valence-electron chi connectivity index (χ1n) is 5.63. The Morgan fingerprint density at radius 3 is 2.89 bits per heavy atom. The van der Waals surface area contributed by atoms with Crippen LogP contribution in [-0.2, 0) is 4.74 Å². The van der Waals surface area contributed by atoms with Crippen molar-refractivity contribution in [3.63, 3.8) is 0 Å². The van der Waals surface area contributed by atoms with Crippen molar-refractivity contribution in [2.75, 3.05) is 6.61 Å². The molecule has 100 valence electrons. The normalized spacial score (nSPS) is 10.5. The fourth-order valence-corrected chi connectivity index (χ4v) is 3.17. The van der Waals surface area contributed by atoms with Crippen molar-refractivity contribution in [1.82, 2.24) is 5.16 Å².